The molecule has 1 atom stereocenters. The monoisotopic (exact) mass is 241 g/mol. The summed E-state index contributed by atoms with van der Waals surface area (Å²) in [7, 11) is 0. The van der Waals surface area contributed by atoms with E-state index in [1.54, 1.807) is 0 Å². The van der Waals surface area contributed by atoms with E-state index in [1.165, 1.54) is 11.8 Å². The largest absolute Gasteiger partial charge is 0.376 e. The first-order chi connectivity index (χ1) is 7.81. The molecule has 0 aromatic rings. The number of piperidine rings is 1. The van der Waals surface area contributed by atoms with E-state index >= 15 is 0 Å². The van der Waals surface area contributed by atoms with Crippen LogP contribution >= 0.6 is 11.8 Å². The van der Waals surface area contributed by atoms with Crippen LogP contribution in [0.25, 0.3) is 0 Å². The average Bonchev–Trinajstić information content (AvgIpc) is 2.33. The van der Waals surface area contributed by atoms with Crippen LogP contribution in [-0.2, 0) is 4.74 Å². The highest BCUT2D eigenvalue weighted by Gasteiger charge is 2.22. The van der Waals surface area contributed by atoms with Crippen molar-refractivity contribution in [1.29, 1.82) is 5.26 Å². The minimum atomic E-state index is 0.296. The smallest absolute Gasteiger partial charge is 0.208 e. The van der Waals surface area contributed by atoms with Gasteiger partial charge in [0, 0.05) is 19.7 Å². The molecule has 0 amide bonds. The molecule has 0 radical (unpaired) electrons. The predicted molar refractivity (Wildman–Crippen MR) is 67.4 cm³/mol. The van der Waals surface area contributed by atoms with Crippen LogP contribution in [0.2, 0.25) is 0 Å². The molecule has 1 heterocycles. The van der Waals surface area contributed by atoms with Gasteiger partial charge in [-0.25, -0.2) is 0 Å². The fraction of sp³-hybridized carbons (Fsp3) is 0.818. The normalized spacial score (nSPS) is 21.9. The Balaban J connectivity index is 2.49. The molecule has 0 spiro atoms. The summed E-state index contributed by atoms with van der Waals surface area (Å²) in [6, 6.07) is 0. The van der Waals surface area contributed by atoms with Gasteiger partial charge in [0.05, 0.1) is 6.10 Å². The van der Waals surface area contributed by atoms with Crippen molar-refractivity contribution >= 4 is 16.9 Å². The molecule has 90 valence electrons. The maximum Gasteiger partial charge on any atom is 0.208 e. The van der Waals surface area contributed by atoms with Gasteiger partial charge >= 0.3 is 0 Å². The first kappa shape index (κ1) is 13.3. The quantitative estimate of drug-likeness (QED) is 0.431. The van der Waals surface area contributed by atoms with Crippen LogP contribution in [0.4, 0.5) is 0 Å². The second-order valence-corrected chi connectivity index (χ2v) is 4.55. The summed E-state index contributed by atoms with van der Waals surface area (Å²) in [5, 5.41) is 9.41. The molecule has 0 aromatic carbocycles. The van der Waals surface area contributed by atoms with Crippen molar-refractivity contribution in [2.45, 2.75) is 32.3 Å². The molecule has 0 saturated carbocycles. The third-order valence-corrected chi connectivity index (χ3v) is 3.25. The van der Waals surface area contributed by atoms with E-state index in [4.69, 9.17) is 10.00 Å². The van der Waals surface area contributed by atoms with Crippen molar-refractivity contribution in [2.75, 3.05) is 26.0 Å². The van der Waals surface area contributed by atoms with E-state index in [2.05, 4.69) is 16.8 Å². The average molecular weight is 241 g/mol. The molecule has 4 nitrogen and oxygen atoms in total. The highest BCUT2D eigenvalue weighted by atomic mass is 32.2. The summed E-state index contributed by atoms with van der Waals surface area (Å²) in [6.45, 7) is 4.78. The molecule has 0 aromatic heterocycles. The van der Waals surface area contributed by atoms with Crippen LogP contribution < -0.4 is 0 Å². The number of aliphatic imine (C=N–C) groups is 1. The summed E-state index contributed by atoms with van der Waals surface area (Å²) < 4.78 is 5.75. The highest BCUT2D eigenvalue weighted by molar-refractivity contribution is 8.13. The van der Waals surface area contributed by atoms with E-state index in [0.717, 1.165) is 44.1 Å². The Hall–Kier alpha value is -0.730. The number of ether oxygens (including phenoxy) is 1. The zero-order valence-electron chi connectivity index (χ0n) is 9.98. The number of nitrogens with zero attached hydrogens (tertiary/aromatic N) is 3. The molecule has 1 aliphatic heterocycles. The SMILES string of the molecule is CCCOC1CCCN(C(=NC#N)SC)C1. The Bertz CT molecular complexity index is 275. The van der Waals surface area contributed by atoms with Crippen molar-refractivity contribution in [3.63, 3.8) is 0 Å². The van der Waals surface area contributed by atoms with Gasteiger partial charge in [0.1, 0.15) is 0 Å². The van der Waals surface area contributed by atoms with Gasteiger partial charge in [-0.15, -0.1) is 4.99 Å². The number of rotatable bonds is 3. The number of likely N-dealkylation sites (tertiary alicyclic amines) is 1. The van der Waals surface area contributed by atoms with Crippen LogP contribution in [0, 0.1) is 11.5 Å². The topological polar surface area (TPSA) is 48.6 Å². The van der Waals surface area contributed by atoms with Gasteiger partial charge in [-0.2, -0.15) is 5.26 Å². The fourth-order valence-electron chi connectivity index (χ4n) is 1.82. The summed E-state index contributed by atoms with van der Waals surface area (Å²) in [5.41, 5.74) is 0. The van der Waals surface area contributed by atoms with Crippen molar-refractivity contribution < 1.29 is 4.74 Å². The predicted octanol–water partition coefficient (Wildman–Crippen LogP) is 2.08. The molecule has 0 N–H and O–H groups in total. The van der Waals surface area contributed by atoms with Crippen LogP contribution in [0.1, 0.15) is 26.2 Å². The lowest BCUT2D eigenvalue weighted by Crippen LogP contribution is -2.42. The number of hydrogen-bond acceptors (Lipinski definition) is 4. The van der Waals surface area contributed by atoms with Gasteiger partial charge < -0.3 is 9.64 Å². The Morgan fingerprint density at radius 3 is 3.12 bits per heavy atom. The highest BCUT2D eigenvalue weighted by Crippen LogP contribution is 2.17. The molecular formula is C11H19N3OS. The first-order valence-electron chi connectivity index (χ1n) is 5.69. The van der Waals surface area contributed by atoms with Crippen LogP contribution in [-0.4, -0.2) is 42.1 Å². The molecule has 1 fully saturated rings. The molecule has 16 heavy (non-hydrogen) atoms. The van der Waals surface area contributed by atoms with E-state index in [0.29, 0.717) is 6.10 Å². The molecule has 0 bridgehead atoms. The summed E-state index contributed by atoms with van der Waals surface area (Å²) >= 11 is 1.52. The van der Waals surface area contributed by atoms with E-state index < -0.39 is 0 Å². The van der Waals surface area contributed by atoms with E-state index in [1.807, 2.05) is 12.4 Å². The molecule has 1 aliphatic rings. The van der Waals surface area contributed by atoms with E-state index in [9.17, 15) is 0 Å². The summed E-state index contributed by atoms with van der Waals surface area (Å²) in [5.74, 6) is 0. The Morgan fingerprint density at radius 2 is 2.50 bits per heavy atom. The van der Waals surface area contributed by atoms with Crippen molar-refractivity contribution in [1.82, 2.24) is 4.90 Å². The summed E-state index contributed by atoms with van der Waals surface area (Å²) in [6.07, 6.45) is 7.39. The molecule has 0 aliphatic carbocycles. The van der Waals surface area contributed by atoms with Gasteiger partial charge in [0.2, 0.25) is 6.19 Å². The second-order valence-electron chi connectivity index (χ2n) is 3.78. The van der Waals surface area contributed by atoms with Gasteiger partial charge in [0.15, 0.2) is 5.17 Å². The molecular weight excluding hydrogens is 222 g/mol. The van der Waals surface area contributed by atoms with Crippen molar-refractivity contribution in [3.8, 4) is 6.19 Å². The van der Waals surface area contributed by atoms with Crippen LogP contribution in [0.15, 0.2) is 4.99 Å². The Kier molecular flexibility index (Phi) is 6.27. The molecule has 5 heteroatoms. The minimum absolute atomic E-state index is 0.296. The van der Waals surface area contributed by atoms with Gasteiger partial charge in [-0.1, -0.05) is 18.7 Å². The first-order valence-corrected chi connectivity index (χ1v) is 6.91. The van der Waals surface area contributed by atoms with Crippen LogP contribution in [0.5, 0.6) is 0 Å². The Labute approximate surface area is 102 Å². The zero-order valence-corrected chi connectivity index (χ0v) is 10.8. The van der Waals surface area contributed by atoms with Crippen molar-refractivity contribution in [3.05, 3.63) is 0 Å². The standard InChI is InChI=1S/C11H19N3OS/c1-3-7-15-10-5-4-6-14(8-10)11(16-2)13-9-12/h10H,3-8H2,1-2H3. The third-order valence-electron chi connectivity index (χ3n) is 2.53. The number of thioether (sulfide) groups is 1. The number of amidine groups is 1. The third kappa shape index (κ3) is 4.03. The van der Waals surface area contributed by atoms with Gasteiger partial charge in [-0.05, 0) is 25.5 Å². The fourth-order valence-corrected chi connectivity index (χ4v) is 2.38. The lowest BCUT2D eigenvalue weighted by Gasteiger charge is -2.33. The maximum absolute atomic E-state index is 8.60. The minimum Gasteiger partial charge on any atom is -0.376 e. The van der Waals surface area contributed by atoms with Crippen LogP contribution in [0.3, 0.4) is 0 Å². The summed E-state index contributed by atoms with van der Waals surface area (Å²) in [4.78, 5) is 5.99. The number of nitriles is 1. The zero-order chi connectivity index (χ0) is 11.8. The van der Waals surface area contributed by atoms with E-state index in [-0.39, 0.29) is 0 Å². The second kappa shape index (κ2) is 7.53. The maximum atomic E-state index is 8.60. The number of hydrogen-bond donors (Lipinski definition) is 0. The molecule has 1 saturated heterocycles. The Morgan fingerprint density at radius 1 is 1.69 bits per heavy atom. The van der Waals surface area contributed by atoms with Crippen molar-refractivity contribution in [2.24, 2.45) is 4.99 Å². The lowest BCUT2D eigenvalue weighted by molar-refractivity contribution is 0.0172. The molecule has 1 unspecified atom stereocenters. The van der Waals surface area contributed by atoms with Gasteiger partial charge in [0.25, 0.3) is 0 Å². The molecule has 1 rings (SSSR count). The lowest BCUT2D eigenvalue weighted by atomic mass is 10.1. The van der Waals surface area contributed by atoms with Gasteiger partial charge in [-0.3, -0.25) is 0 Å².